The molecule has 8 nitrogen and oxygen atoms in total. The monoisotopic (exact) mass is 383 g/mol. The van der Waals surface area contributed by atoms with Gasteiger partial charge in [-0.15, -0.1) is 5.10 Å². The second-order valence-electron chi connectivity index (χ2n) is 6.50. The molecule has 0 bridgehead atoms. The van der Waals surface area contributed by atoms with Crippen LogP contribution in [0.1, 0.15) is 5.82 Å². The number of hydrogen-bond donors (Lipinski definition) is 0. The molecule has 0 unspecified atom stereocenters. The summed E-state index contributed by atoms with van der Waals surface area (Å²) in [5.41, 5.74) is 4.08. The van der Waals surface area contributed by atoms with Crippen LogP contribution in [0.3, 0.4) is 0 Å². The van der Waals surface area contributed by atoms with E-state index >= 15 is 0 Å². The lowest BCUT2D eigenvalue weighted by Crippen LogP contribution is -2.04. The zero-order valence-corrected chi connectivity index (χ0v) is 15.7. The number of aryl methyl sites for hydroxylation is 1. The molecule has 29 heavy (non-hydrogen) atoms. The van der Waals surface area contributed by atoms with Gasteiger partial charge < -0.3 is 4.74 Å². The first kappa shape index (κ1) is 17.1. The van der Waals surface area contributed by atoms with Gasteiger partial charge in [-0.05, 0) is 0 Å². The first-order valence-corrected chi connectivity index (χ1v) is 9.12. The number of aromatic nitrogens is 7. The molecule has 142 valence electrons. The highest BCUT2D eigenvalue weighted by molar-refractivity contribution is 5.77. The van der Waals surface area contributed by atoms with E-state index in [4.69, 9.17) is 4.74 Å². The molecule has 0 N–H and O–H groups in total. The number of fused-ring (bicyclic) bond motifs is 1. The van der Waals surface area contributed by atoms with Gasteiger partial charge in [0, 0.05) is 18.2 Å². The predicted molar refractivity (Wildman–Crippen MR) is 107 cm³/mol. The van der Waals surface area contributed by atoms with Crippen molar-refractivity contribution in [2.24, 2.45) is 7.05 Å². The third-order valence-corrected chi connectivity index (χ3v) is 4.49. The number of hydrogen-bond acceptors (Lipinski definition) is 6. The van der Waals surface area contributed by atoms with E-state index in [1.165, 1.54) is 0 Å². The summed E-state index contributed by atoms with van der Waals surface area (Å²) in [5, 5.41) is 13.0. The van der Waals surface area contributed by atoms with Crippen LogP contribution < -0.4 is 4.74 Å². The van der Waals surface area contributed by atoms with Crippen molar-refractivity contribution in [3.8, 4) is 28.3 Å². The molecule has 0 amide bonds. The van der Waals surface area contributed by atoms with Gasteiger partial charge in [0.15, 0.2) is 17.2 Å². The van der Waals surface area contributed by atoms with E-state index in [9.17, 15) is 0 Å². The fourth-order valence-corrected chi connectivity index (χ4v) is 3.17. The molecule has 5 rings (SSSR count). The molecule has 2 aromatic carbocycles. The third kappa shape index (κ3) is 3.20. The quantitative estimate of drug-likeness (QED) is 0.464. The molecule has 0 saturated heterocycles. The molecule has 0 fully saturated rings. The maximum Gasteiger partial charge on any atom is 0.188 e. The normalized spacial score (nSPS) is 11.1. The minimum Gasteiger partial charge on any atom is -0.482 e. The van der Waals surface area contributed by atoms with Crippen LogP contribution in [0, 0.1) is 0 Å². The summed E-state index contributed by atoms with van der Waals surface area (Å²) in [4.78, 5) is 8.80. The molecule has 3 heterocycles. The van der Waals surface area contributed by atoms with Gasteiger partial charge in [0.1, 0.15) is 24.3 Å². The second-order valence-corrected chi connectivity index (χ2v) is 6.50. The molecular weight excluding hydrogens is 366 g/mol. The Balaban J connectivity index is 1.63. The molecule has 0 radical (unpaired) electrons. The van der Waals surface area contributed by atoms with Crippen molar-refractivity contribution >= 4 is 5.65 Å². The van der Waals surface area contributed by atoms with E-state index in [-0.39, 0.29) is 6.61 Å². The van der Waals surface area contributed by atoms with E-state index in [1.54, 1.807) is 21.7 Å². The van der Waals surface area contributed by atoms with Gasteiger partial charge in [-0.1, -0.05) is 65.9 Å². The van der Waals surface area contributed by atoms with E-state index in [0.717, 1.165) is 22.5 Å². The lowest BCUT2D eigenvalue weighted by Gasteiger charge is -2.11. The van der Waals surface area contributed by atoms with Gasteiger partial charge in [-0.3, -0.25) is 4.68 Å². The summed E-state index contributed by atoms with van der Waals surface area (Å²) in [6, 6.07) is 19.8. The Hall–Kier alpha value is -4.07. The first-order valence-electron chi connectivity index (χ1n) is 9.12. The Morgan fingerprint density at radius 2 is 1.62 bits per heavy atom. The highest BCUT2D eigenvalue weighted by Crippen LogP contribution is 2.32. The van der Waals surface area contributed by atoms with Gasteiger partial charge in [0.25, 0.3) is 0 Å². The summed E-state index contributed by atoms with van der Waals surface area (Å²) in [7, 11) is 1.82. The number of rotatable bonds is 5. The summed E-state index contributed by atoms with van der Waals surface area (Å²) >= 11 is 0. The standard InChI is InChI=1S/C21H17N7O/c1-27-14-23-18(25-27)13-29-17-12-22-21-19(15-8-4-2-5-9-15)24-26-28(21)20(17)16-10-6-3-7-11-16/h2-12,14H,13H2,1H3. The number of nitrogens with zero attached hydrogens (tertiary/aromatic N) is 7. The van der Waals surface area contributed by atoms with Crippen molar-refractivity contribution in [2.45, 2.75) is 6.61 Å². The number of ether oxygens (including phenoxy) is 1. The van der Waals surface area contributed by atoms with Crippen LogP contribution in [0.4, 0.5) is 0 Å². The zero-order valence-electron chi connectivity index (χ0n) is 15.7. The van der Waals surface area contributed by atoms with Crippen molar-refractivity contribution in [2.75, 3.05) is 0 Å². The van der Waals surface area contributed by atoms with Crippen LogP contribution in [-0.2, 0) is 13.7 Å². The molecule has 0 aliphatic carbocycles. The smallest absolute Gasteiger partial charge is 0.188 e. The fourth-order valence-electron chi connectivity index (χ4n) is 3.17. The Morgan fingerprint density at radius 3 is 2.31 bits per heavy atom. The van der Waals surface area contributed by atoms with E-state index in [1.807, 2.05) is 67.7 Å². The summed E-state index contributed by atoms with van der Waals surface area (Å²) in [6.45, 7) is 0.230. The van der Waals surface area contributed by atoms with Crippen LogP contribution in [0.2, 0.25) is 0 Å². The first-order chi connectivity index (χ1) is 14.3. The van der Waals surface area contributed by atoms with Gasteiger partial charge >= 0.3 is 0 Å². The van der Waals surface area contributed by atoms with E-state index in [2.05, 4.69) is 25.4 Å². The van der Waals surface area contributed by atoms with Gasteiger partial charge in [-0.2, -0.15) is 9.61 Å². The Kier molecular flexibility index (Phi) is 4.21. The molecule has 3 aromatic heterocycles. The van der Waals surface area contributed by atoms with Crippen molar-refractivity contribution in [1.82, 2.24) is 34.6 Å². The van der Waals surface area contributed by atoms with Gasteiger partial charge in [0.05, 0.1) is 6.20 Å². The second kappa shape index (κ2) is 7.16. The molecular formula is C21H17N7O. The highest BCUT2D eigenvalue weighted by Gasteiger charge is 2.18. The van der Waals surface area contributed by atoms with Gasteiger partial charge in [-0.25, -0.2) is 9.97 Å². The molecule has 5 aromatic rings. The van der Waals surface area contributed by atoms with E-state index < -0.39 is 0 Å². The summed E-state index contributed by atoms with van der Waals surface area (Å²) in [5.74, 6) is 1.18. The van der Waals surface area contributed by atoms with Crippen LogP contribution in [0.5, 0.6) is 5.75 Å². The van der Waals surface area contributed by atoms with Crippen molar-refractivity contribution in [3.05, 3.63) is 79.0 Å². The third-order valence-electron chi connectivity index (χ3n) is 4.49. The minimum atomic E-state index is 0.230. The Bertz CT molecular complexity index is 1260. The maximum atomic E-state index is 6.02. The van der Waals surface area contributed by atoms with E-state index in [0.29, 0.717) is 17.2 Å². The van der Waals surface area contributed by atoms with Crippen LogP contribution in [0.15, 0.2) is 73.2 Å². The molecule has 0 saturated carbocycles. The zero-order chi connectivity index (χ0) is 19.6. The van der Waals surface area contributed by atoms with Crippen LogP contribution in [-0.4, -0.2) is 34.6 Å². The fraction of sp³-hybridized carbons (Fsp3) is 0.0952. The average molecular weight is 383 g/mol. The van der Waals surface area contributed by atoms with Crippen LogP contribution >= 0.6 is 0 Å². The molecule has 0 aliphatic rings. The lowest BCUT2D eigenvalue weighted by atomic mass is 10.1. The van der Waals surface area contributed by atoms with Gasteiger partial charge in [0.2, 0.25) is 0 Å². The minimum absolute atomic E-state index is 0.230. The Labute approximate surface area is 166 Å². The molecule has 0 aliphatic heterocycles. The maximum absolute atomic E-state index is 6.02. The summed E-state index contributed by atoms with van der Waals surface area (Å²) < 4.78 is 9.39. The number of benzene rings is 2. The predicted octanol–water partition coefficient (Wildman–Crippen LogP) is 3.17. The van der Waals surface area contributed by atoms with Crippen molar-refractivity contribution in [3.63, 3.8) is 0 Å². The SMILES string of the molecule is Cn1cnc(COc2cnc3c(-c4ccccc4)nnn3c2-c2ccccc2)n1. The topological polar surface area (TPSA) is 83.0 Å². The lowest BCUT2D eigenvalue weighted by molar-refractivity contribution is 0.294. The highest BCUT2D eigenvalue weighted by atomic mass is 16.5. The van der Waals surface area contributed by atoms with Crippen molar-refractivity contribution < 1.29 is 4.74 Å². The Morgan fingerprint density at radius 1 is 0.897 bits per heavy atom. The van der Waals surface area contributed by atoms with Crippen molar-refractivity contribution in [1.29, 1.82) is 0 Å². The molecule has 0 atom stereocenters. The largest absolute Gasteiger partial charge is 0.482 e. The summed E-state index contributed by atoms with van der Waals surface area (Å²) in [6.07, 6.45) is 3.35. The van der Waals surface area contributed by atoms with Crippen LogP contribution in [0.25, 0.3) is 28.2 Å². The molecule has 0 spiro atoms. The average Bonchev–Trinajstić information content (AvgIpc) is 3.39. The molecule has 8 heteroatoms.